The number of carbonyl (C=O) groups is 4. The molecular weight excluding hydrogens is 656 g/mol. The second-order valence-electron chi connectivity index (χ2n) is 13.8. The lowest BCUT2D eigenvalue weighted by Gasteiger charge is -2.42. The molecule has 1 aliphatic heterocycles. The fourth-order valence-electron chi connectivity index (χ4n) is 8.32. The van der Waals surface area contributed by atoms with Crippen LogP contribution in [-0.4, -0.2) is 33.5 Å². The van der Waals surface area contributed by atoms with E-state index in [0.717, 1.165) is 16.7 Å². The van der Waals surface area contributed by atoms with E-state index in [-0.39, 0.29) is 42.0 Å². The van der Waals surface area contributed by atoms with Crippen LogP contribution >= 0.6 is 0 Å². The van der Waals surface area contributed by atoms with Gasteiger partial charge in [-0.1, -0.05) is 60.2 Å². The highest BCUT2D eigenvalue weighted by molar-refractivity contribution is 6.25. The second kappa shape index (κ2) is 12.2. The van der Waals surface area contributed by atoms with Crippen molar-refractivity contribution < 1.29 is 33.4 Å². The number of ketones is 2. The number of imide groups is 1. The number of hydrogen-bond donors (Lipinski definition) is 1. The summed E-state index contributed by atoms with van der Waals surface area (Å²) in [5.41, 5.74) is 5.67. The van der Waals surface area contributed by atoms with Crippen molar-refractivity contribution in [2.45, 2.75) is 32.3 Å². The molecular formula is C43H32N2O7. The van der Waals surface area contributed by atoms with Crippen LogP contribution in [0.5, 0.6) is 11.5 Å². The number of benzene rings is 4. The van der Waals surface area contributed by atoms with E-state index in [4.69, 9.17) is 9.15 Å². The second-order valence-corrected chi connectivity index (χ2v) is 13.8. The van der Waals surface area contributed by atoms with E-state index in [9.17, 15) is 24.3 Å². The first-order valence-electron chi connectivity index (χ1n) is 17.3. The number of rotatable bonds is 6. The summed E-state index contributed by atoms with van der Waals surface area (Å²) in [6.45, 7) is 1.92. The standard InChI is InChI=1S/C43H32N2O7/c1-23-19-34(46)32-21-31-28(37(39(32)40(23)48)29-16-15-27(20-35(29)47)51-22-24-7-3-2-4-8-24)17-18-30-38(31)43(50)45(42(30)49)26-13-11-25(12-14-26)41-44-33-9-5-6-10-36(33)52-41/h2-17,19-20,30-31,37-38,47H,18,21-22H2,1H3/t30-,31+,37+,38-/m0/s1. The Hall–Kier alpha value is -6.35. The van der Waals surface area contributed by atoms with E-state index in [1.165, 1.54) is 17.0 Å². The number of fused-ring (bicyclic) bond motifs is 4. The number of hydrogen-bond acceptors (Lipinski definition) is 8. The lowest BCUT2D eigenvalue weighted by Crippen LogP contribution is -2.39. The van der Waals surface area contributed by atoms with Crippen LogP contribution in [0.15, 0.2) is 136 Å². The van der Waals surface area contributed by atoms with Gasteiger partial charge in [-0.15, -0.1) is 0 Å². The molecule has 3 aliphatic carbocycles. The molecule has 2 heterocycles. The summed E-state index contributed by atoms with van der Waals surface area (Å²) in [7, 11) is 0. The van der Waals surface area contributed by atoms with Crippen LogP contribution in [0.25, 0.3) is 22.6 Å². The molecule has 52 heavy (non-hydrogen) atoms. The van der Waals surface area contributed by atoms with E-state index >= 15 is 0 Å². The van der Waals surface area contributed by atoms with Crippen molar-refractivity contribution in [1.29, 1.82) is 0 Å². The summed E-state index contributed by atoms with van der Waals surface area (Å²) in [4.78, 5) is 61.5. The minimum absolute atomic E-state index is 0.0898. The highest BCUT2D eigenvalue weighted by Crippen LogP contribution is 2.56. The predicted octanol–water partition coefficient (Wildman–Crippen LogP) is 7.41. The zero-order valence-electron chi connectivity index (χ0n) is 28.1. The number of Topliss-reactive ketones (excluding diaryl/α,β-unsaturated/α-hetero) is 1. The van der Waals surface area contributed by atoms with E-state index in [0.29, 0.717) is 57.4 Å². The van der Waals surface area contributed by atoms with Crippen molar-refractivity contribution in [3.8, 4) is 23.0 Å². The Morgan fingerprint density at radius 2 is 1.65 bits per heavy atom. The SMILES string of the molecule is CC1=CC(=O)C2=C(C1=O)[C@@H](c1ccc(OCc3ccccc3)cc1O)C1=CC[C@@H]3C(=O)N(c4ccc(-c5nc6ccccc6o5)cc4)C(=O)[C@@H]3[C@@H]1C2. The zero-order valence-corrected chi connectivity index (χ0v) is 28.1. The predicted molar refractivity (Wildman–Crippen MR) is 192 cm³/mol. The highest BCUT2D eigenvalue weighted by atomic mass is 16.5. The smallest absolute Gasteiger partial charge is 0.238 e. The van der Waals surface area contributed by atoms with Gasteiger partial charge in [0.1, 0.15) is 23.6 Å². The van der Waals surface area contributed by atoms with Gasteiger partial charge in [0.2, 0.25) is 17.7 Å². The molecule has 1 saturated heterocycles. The van der Waals surface area contributed by atoms with Crippen molar-refractivity contribution in [2.75, 3.05) is 4.90 Å². The van der Waals surface area contributed by atoms with E-state index in [1.54, 1.807) is 43.3 Å². The fraction of sp³-hybridized carbons (Fsp3) is 0.186. The summed E-state index contributed by atoms with van der Waals surface area (Å²) < 4.78 is 11.9. The number of aromatic nitrogens is 1. The summed E-state index contributed by atoms with van der Waals surface area (Å²) in [5.74, 6) is -3.09. The third kappa shape index (κ3) is 5.03. The van der Waals surface area contributed by atoms with Crippen LogP contribution in [0.4, 0.5) is 5.69 Å². The molecule has 4 aromatic carbocycles. The molecule has 0 saturated carbocycles. The zero-order chi connectivity index (χ0) is 35.7. The summed E-state index contributed by atoms with van der Waals surface area (Å²) in [6.07, 6.45) is 3.72. The van der Waals surface area contributed by atoms with Crippen molar-refractivity contribution in [3.63, 3.8) is 0 Å². The molecule has 0 radical (unpaired) electrons. The normalized spacial score (nSPS) is 22.6. The monoisotopic (exact) mass is 688 g/mol. The van der Waals surface area contributed by atoms with E-state index in [1.807, 2.05) is 60.7 Å². The largest absolute Gasteiger partial charge is 0.507 e. The van der Waals surface area contributed by atoms with Crippen molar-refractivity contribution in [3.05, 3.63) is 143 Å². The number of oxazole rings is 1. The number of allylic oxidation sites excluding steroid dienone is 6. The quantitative estimate of drug-likeness (QED) is 0.111. The molecule has 9 heteroatoms. The lowest BCUT2D eigenvalue weighted by molar-refractivity contribution is -0.123. The number of aromatic hydroxyl groups is 1. The molecule has 0 unspecified atom stereocenters. The number of anilines is 1. The molecule has 256 valence electrons. The molecule has 5 aromatic rings. The third-order valence-corrected chi connectivity index (χ3v) is 10.8. The van der Waals surface area contributed by atoms with Gasteiger partial charge < -0.3 is 14.3 Å². The molecule has 0 bridgehead atoms. The highest BCUT2D eigenvalue weighted by Gasteiger charge is 2.56. The van der Waals surface area contributed by atoms with Gasteiger partial charge in [-0.2, -0.15) is 0 Å². The Bertz CT molecular complexity index is 2400. The van der Waals surface area contributed by atoms with Crippen LogP contribution in [0.3, 0.4) is 0 Å². The molecule has 1 N–H and O–H groups in total. The number of nitrogens with zero attached hydrogens (tertiary/aromatic N) is 2. The van der Waals surface area contributed by atoms with Gasteiger partial charge in [-0.05, 0) is 79.8 Å². The van der Waals surface area contributed by atoms with Crippen LogP contribution < -0.4 is 9.64 Å². The van der Waals surface area contributed by atoms with E-state index < -0.39 is 23.7 Å². The third-order valence-electron chi connectivity index (χ3n) is 10.8. The summed E-state index contributed by atoms with van der Waals surface area (Å²) in [6, 6.07) is 29.1. The Morgan fingerprint density at radius 1 is 0.885 bits per heavy atom. The number of ether oxygens (including phenoxy) is 1. The molecule has 0 spiro atoms. The summed E-state index contributed by atoms with van der Waals surface area (Å²) in [5, 5.41) is 11.5. The number of amides is 2. The first-order chi connectivity index (χ1) is 25.3. The maximum atomic E-state index is 14.4. The molecule has 9 rings (SSSR count). The Labute approximate surface area is 298 Å². The van der Waals surface area contributed by atoms with Gasteiger partial charge in [0.05, 0.1) is 17.5 Å². The van der Waals surface area contributed by atoms with Crippen LogP contribution in [0, 0.1) is 17.8 Å². The first-order valence-corrected chi connectivity index (χ1v) is 17.3. The first kappa shape index (κ1) is 31.6. The Morgan fingerprint density at radius 3 is 2.42 bits per heavy atom. The molecule has 4 atom stereocenters. The van der Waals surface area contributed by atoms with Crippen LogP contribution in [0.2, 0.25) is 0 Å². The Kier molecular flexibility index (Phi) is 7.39. The lowest BCUT2D eigenvalue weighted by atomic mass is 9.59. The van der Waals surface area contributed by atoms with Crippen LogP contribution in [-0.2, 0) is 25.8 Å². The minimum atomic E-state index is -0.773. The van der Waals surface area contributed by atoms with Crippen molar-refractivity contribution in [2.24, 2.45) is 17.8 Å². The summed E-state index contributed by atoms with van der Waals surface area (Å²) >= 11 is 0. The number of phenols is 1. The van der Waals surface area contributed by atoms with Gasteiger partial charge in [-0.25, -0.2) is 4.98 Å². The van der Waals surface area contributed by atoms with E-state index in [2.05, 4.69) is 4.98 Å². The maximum Gasteiger partial charge on any atom is 0.238 e. The minimum Gasteiger partial charge on any atom is -0.507 e. The van der Waals surface area contributed by atoms with Crippen molar-refractivity contribution in [1.82, 2.24) is 4.98 Å². The van der Waals surface area contributed by atoms with Crippen LogP contribution in [0.1, 0.15) is 36.8 Å². The van der Waals surface area contributed by atoms with Gasteiger partial charge in [-0.3, -0.25) is 24.1 Å². The Balaban J connectivity index is 1.05. The van der Waals surface area contributed by atoms with Gasteiger partial charge in [0.25, 0.3) is 0 Å². The molecule has 2 amide bonds. The fourth-order valence-corrected chi connectivity index (χ4v) is 8.32. The van der Waals surface area contributed by atoms with Gasteiger partial charge >= 0.3 is 0 Å². The van der Waals surface area contributed by atoms with Gasteiger partial charge in [0.15, 0.2) is 17.1 Å². The molecule has 9 nitrogen and oxygen atoms in total. The maximum absolute atomic E-state index is 14.4. The topological polar surface area (TPSA) is 127 Å². The number of phenolic OH excluding ortho intramolecular Hbond substituents is 1. The average Bonchev–Trinajstić information content (AvgIpc) is 3.71. The average molecular weight is 689 g/mol. The number of carbonyl (C=O) groups excluding carboxylic acids is 4. The van der Waals surface area contributed by atoms with Gasteiger partial charge in [0, 0.05) is 39.8 Å². The van der Waals surface area contributed by atoms with Crippen molar-refractivity contribution >= 4 is 40.2 Å². The molecule has 1 aromatic heterocycles. The number of para-hydroxylation sites is 2. The molecule has 1 fully saturated rings. The molecule has 4 aliphatic rings.